The zero-order valence-corrected chi connectivity index (χ0v) is 66.6. The molecule has 0 aromatic heterocycles. The second-order valence-corrected chi connectivity index (χ2v) is 35.1. The van der Waals surface area contributed by atoms with Crippen LogP contribution < -0.4 is 0 Å². The van der Waals surface area contributed by atoms with E-state index in [2.05, 4.69) is 118 Å². The number of ether oxygens (including phenoxy) is 4. The van der Waals surface area contributed by atoms with E-state index < -0.39 is 0 Å². The second kappa shape index (κ2) is 60.5. The van der Waals surface area contributed by atoms with Gasteiger partial charge in [-0.05, 0) is 127 Å². The summed E-state index contributed by atoms with van der Waals surface area (Å²) >= 11 is 0. The molecule has 6 nitrogen and oxygen atoms in total. The van der Waals surface area contributed by atoms with Crippen molar-refractivity contribution < 1.29 is 29.2 Å². The van der Waals surface area contributed by atoms with Gasteiger partial charge in [0.25, 0.3) is 0 Å². The Balaban J connectivity index is 2.53. The van der Waals surface area contributed by atoms with E-state index in [0.29, 0.717) is 36.9 Å². The Bertz CT molecular complexity index is 1560. The number of hydrogen-bond acceptors (Lipinski definition) is 6. The summed E-state index contributed by atoms with van der Waals surface area (Å²) in [6.45, 7) is 45.2. The van der Waals surface area contributed by atoms with Gasteiger partial charge in [0, 0.05) is 26.4 Å². The van der Waals surface area contributed by atoms with Crippen molar-refractivity contribution >= 4 is 0 Å². The van der Waals surface area contributed by atoms with E-state index in [-0.39, 0.29) is 31.5 Å². The molecule has 93 heavy (non-hydrogen) atoms. The van der Waals surface area contributed by atoms with Gasteiger partial charge in [0.15, 0.2) is 0 Å². The standard InChI is InChI=1S/C87H174O6/c1-69-30-18-34-73(5)42-26-50-81(13)58-62-90-68-86(66-88)92-64-60-83(15)52-28-44-75(7)36-20-32-71(3)40-24-48-79(11)57-56-78(10)47-23-39-70(2)31-19-35-74(6)43-27-51-82(14)59-63-91-85(17)87(67-89)93-65-61-84(16)53-29-45-76(8)37-21-33-72(4)41-25-49-80(12)55-54-77(9)46-22-38-69/h69-89H,18-68H2,1-17H3. The molecule has 0 radical (unpaired) electrons. The summed E-state index contributed by atoms with van der Waals surface area (Å²) in [5.74, 6) is 12.9. The van der Waals surface area contributed by atoms with Crippen molar-refractivity contribution in [2.24, 2.45) is 94.7 Å². The Morgan fingerprint density at radius 3 is 0.602 bits per heavy atom. The van der Waals surface area contributed by atoms with Crippen molar-refractivity contribution in [2.75, 3.05) is 46.2 Å². The zero-order valence-electron chi connectivity index (χ0n) is 66.6. The molecule has 1 aliphatic rings. The lowest BCUT2D eigenvalue weighted by molar-refractivity contribution is -0.0889. The van der Waals surface area contributed by atoms with Crippen molar-refractivity contribution in [3.8, 4) is 0 Å². The highest BCUT2D eigenvalue weighted by molar-refractivity contribution is 4.71. The summed E-state index contributed by atoms with van der Waals surface area (Å²) in [4.78, 5) is 0. The molecule has 0 aromatic rings. The van der Waals surface area contributed by atoms with Crippen LogP contribution in [0.4, 0.5) is 0 Å². The van der Waals surface area contributed by atoms with Gasteiger partial charge in [0.05, 0.1) is 25.9 Å². The SMILES string of the molecule is CC1CCCC(C)CCCC(C)CCC(C)CCCC(C)CCCC(C)CCCC(C)CCOC(CO)C(C)OCCC(C)CCCC(C)CCCC(C)CCCC(C)CCC(C)CCCC(C)CCCC(C)CCCC(C)CCOC(CO)COCCC(C)CCC1. The quantitative estimate of drug-likeness (QED) is 0.287. The maximum Gasteiger partial charge on any atom is 0.106 e. The lowest BCUT2D eigenvalue weighted by atomic mass is 9.88. The van der Waals surface area contributed by atoms with Crippen LogP contribution in [0.1, 0.15) is 400 Å². The van der Waals surface area contributed by atoms with Crippen LogP contribution in [0.15, 0.2) is 0 Å². The summed E-state index contributed by atoms with van der Waals surface area (Å²) in [5, 5.41) is 20.2. The Hall–Kier alpha value is -0.240. The molecule has 558 valence electrons. The molecule has 1 rings (SSSR count). The van der Waals surface area contributed by atoms with Crippen LogP contribution in [0.2, 0.25) is 0 Å². The van der Waals surface area contributed by atoms with E-state index >= 15 is 0 Å². The molecule has 19 unspecified atom stereocenters. The Kier molecular flexibility index (Phi) is 59.1. The molecule has 1 aliphatic heterocycles. The molecule has 1 saturated heterocycles. The lowest BCUT2D eigenvalue weighted by Crippen LogP contribution is -2.33. The first-order chi connectivity index (χ1) is 44.6. The number of aliphatic hydroxyl groups excluding tert-OH is 2. The van der Waals surface area contributed by atoms with Gasteiger partial charge in [-0.1, -0.05) is 368 Å². The van der Waals surface area contributed by atoms with E-state index in [1.54, 1.807) is 0 Å². The van der Waals surface area contributed by atoms with Gasteiger partial charge in [-0.3, -0.25) is 0 Å². The number of hydrogen-bond donors (Lipinski definition) is 2. The van der Waals surface area contributed by atoms with E-state index in [0.717, 1.165) is 117 Å². The summed E-state index contributed by atoms with van der Waals surface area (Å²) in [5.41, 5.74) is 0. The first-order valence-corrected chi connectivity index (χ1v) is 42.2. The minimum absolute atomic E-state index is 0.0288. The predicted molar refractivity (Wildman–Crippen MR) is 410 cm³/mol. The Morgan fingerprint density at radius 1 is 0.204 bits per heavy atom. The van der Waals surface area contributed by atoms with Gasteiger partial charge < -0.3 is 29.2 Å². The van der Waals surface area contributed by atoms with Gasteiger partial charge in [-0.25, -0.2) is 0 Å². The number of rotatable bonds is 2. The minimum atomic E-state index is -0.236. The van der Waals surface area contributed by atoms with Crippen LogP contribution in [-0.2, 0) is 18.9 Å². The van der Waals surface area contributed by atoms with Gasteiger partial charge in [0.2, 0.25) is 0 Å². The topological polar surface area (TPSA) is 77.4 Å². The summed E-state index contributed by atoms with van der Waals surface area (Å²) in [6, 6.07) is 0. The molecule has 0 aromatic carbocycles. The Morgan fingerprint density at radius 2 is 0.387 bits per heavy atom. The molecule has 19 atom stereocenters. The van der Waals surface area contributed by atoms with Crippen LogP contribution in [0.5, 0.6) is 0 Å². The van der Waals surface area contributed by atoms with Crippen LogP contribution >= 0.6 is 0 Å². The van der Waals surface area contributed by atoms with Crippen molar-refractivity contribution in [2.45, 2.75) is 419 Å². The fraction of sp³-hybridized carbons (Fsp3) is 1.00. The van der Waals surface area contributed by atoms with Crippen LogP contribution in [-0.4, -0.2) is 74.8 Å². The maximum atomic E-state index is 10.2. The first-order valence-electron chi connectivity index (χ1n) is 42.2. The van der Waals surface area contributed by atoms with E-state index in [1.165, 1.54) is 257 Å². The third kappa shape index (κ3) is 56.1. The zero-order chi connectivity index (χ0) is 68.9. The molecular weight excluding hydrogens is 1140 g/mol. The minimum Gasteiger partial charge on any atom is -0.394 e. The molecule has 2 N–H and O–H groups in total. The van der Waals surface area contributed by atoms with Gasteiger partial charge in [0.1, 0.15) is 12.2 Å². The molecule has 0 amide bonds. The smallest absolute Gasteiger partial charge is 0.106 e. The fourth-order valence-corrected chi connectivity index (χ4v) is 15.6. The molecule has 1 fully saturated rings. The maximum absolute atomic E-state index is 10.2. The highest BCUT2D eigenvalue weighted by Gasteiger charge is 2.21. The van der Waals surface area contributed by atoms with Crippen molar-refractivity contribution in [3.05, 3.63) is 0 Å². The predicted octanol–water partition coefficient (Wildman–Crippen LogP) is 26.5. The fourth-order valence-electron chi connectivity index (χ4n) is 15.6. The Labute approximate surface area is 585 Å². The lowest BCUT2D eigenvalue weighted by Gasteiger charge is -2.24. The molecule has 0 bridgehead atoms. The molecule has 1 heterocycles. The van der Waals surface area contributed by atoms with Crippen molar-refractivity contribution in [1.29, 1.82) is 0 Å². The second-order valence-electron chi connectivity index (χ2n) is 35.1. The van der Waals surface area contributed by atoms with Crippen LogP contribution in [0.25, 0.3) is 0 Å². The molecule has 0 aliphatic carbocycles. The van der Waals surface area contributed by atoms with E-state index in [1.807, 2.05) is 0 Å². The van der Waals surface area contributed by atoms with Gasteiger partial charge in [-0.15, -0.1) is 0 Å². The summed E-state index contributed by atoms with van der Waals surface area (Å²) in [6.07, 6.45) is 58.8. The summed E-state index contributed by atoms with van der Waals surface area (Å²) in [7, 11) is 0. The molecule has 0 spiro atoms. The van der Waals surface area contributed by atoms with Gasteiger partial charge in [-0.2, -0.15) is 0 Å². The monoisotopic (exact) mass is 1320 g/mol. The molecule has 6 heteroatoms. The van der Waals surface area contributed by atoms with Gasteiger partial charge >= 0.3 is 0 Å². The average molecular weight is 1320 g/mol. The van der Waals surface area contributed by atoms with Crippen LogP contribution in [0, 0.1) is 94.7 Å². The normalized spacial score (nSPS) is 36.6. The highest BCUT2D eigenvalue weighted by Crippen LogP contribution is 2.31. The third-order valence-corrected chi connectivity index (χ3v) is 23.9. The number of aliphatic hydroxyl groups is 2. The van der Waals surface area contributed by atoms with Crippen molar-refractivity contribution in [3.63, 3.8) is 0 Å². The van der Waals surface area contributed by atoms with E-state index in [4.69, 9.17) is 18.9 Å². The van der Waals surface area contributed by atoms with E-state index in [9.17, 15) is 10.2 Å². The van der Waals surface area contributed by atoms with Crippen molar-refractivity contribution in [1.82, 2.24) is 0 Å². The third-order valence-electron chi connectivity index (χ3n) is 23.9. The average Bonchev–Trinajstić information content (AvgIpc) is 3.73. The molecule has 0 saturated carbocycles. The first kappa shape index (κ1) is 90.8. The molecular formula is C87H174O6. The largest absolute Gasteiger partial charge is 0.394 e. The summed E-state index contributed by atoms with van der Waals surface area (Å²) < 4.78 is 24.7. The highest BCUT2D eigenvalue weighted by atomic mass is 16.5. The van der Waals surface area contributed by atoms with Crippen LogP contribution in [0.3, 0.4) is 0 Å².